The van der Waals surface area contributed by atoms with Crippen molar-refractivity contribution in [2.45, 2.75) is 25.8 Å². The highest BCUT2D eigenvalue weighted by atomic mass is 35.5. The lowest BCUT2D eigenvalue weighted by Crippen LogP contribution is -2.37. The normalized spacial score (nSPS) is 11.2. The smallest absolute Gasteiger partial charge is 0.220 e. The number of ether oxygens (including phenoxy) is 3. The summed E-state index contributed by atoms with van der Waals surface area (Å²) in [5.74, 6) is 1.78. The van der Waals surface area contributed by atoms with Gasteiger partial charge < -0.3 is 24.8 Å². The molecule has 1 rings (SSSR count). The van der Waals surface area contributed by atoms with Crippen LogP contribution in [0.25, 0.3) is 0 Å². The molecule has 0 radical (unpaired) electrons. The number of carbonyl (C=O) groups excluding carboxylic acids is 1. The quantitative estimate of drug-likeness (QED) is 0.713. The first kappa shape index (κ1) is 21.3. The average Bonchev–Trinajstić information content (AvgIpc) is 2.56. The number of carbonyl (C=O) groups is 1. The lowest BCUT2D eigenvalue weighted by atomic mass is 10.1. The van der Waals surface area contributed by atoms with E-state index < -0.39 is 0 Å². The third-order valence-electron chi connectivity index (χ3n) is 3.51. The van der Waals surface area contributed by atoms with Crippen molar-refractivity contribution in [3.63, 3.8) is 0 Å². The molecule has 0 bridgehead atoms. The van der Waals surface area contributed by atoms with Crippen LogP contribution in [0.1, 0.15) is 18.9 Å². The minimum absolute atomic E-state index is 0. The van der Waals surface area contributed by atoms with Gasteiger partial charge in [0.25, 0.3) is 0 Å². The van der Waals surface area contributed by atoms with E-state index in [9.17, 15) is 4.79 Å². The van der Waals surface area contributed by atoms with Crippen molar-refractivity contribution in [3.8, 4) is 17.2 Å². The van der Waals surface area contributed by atoms with Crippen molar-refractivity contribution < 1.29 is 19.0 Å². The third kappa shape index (κ3) is 6.15. The van der Waals surface area contributed by atoms with Crippen molar-refractivity contribution in [2.24, 2.45) is 0 Å². The number of hydrogen-bond acceptors (Lipinski definition) is 5. The first-order valence-corrected chi connectivity index (χ1v) is 7.29. The molecule has 1 aromatic carbocycles. The molecular weight excluding hydrogens is 320 g/mol. The number of aryl methyl sites for hydroxylation is 1. The number of halogens is 1. The molecule has 0 heterocycles. The first-order chi connectivity index (χ1) is 10.6. The summed E-state index contributed by atoms with van der Waals surface area (Å²) in [7, 11) is 6.59. The van der Waals surface area contributed by atoms with Crippen LogP contribution in [0.5, 0.6) is 17.2 Å². The van der Waals surface area contributed by atoms with Crippen LogP contribution in [0.3, 0.4) is 0 Å². The SMILES string of the molecule is CNC(C)CNC(=O)CCc1ccc(OC)c(OC)c1OC.Cl. The predicted octanol–water partition coefficient (Wildman–Crippen LogP) is 1.79. The van der Waals surface area contributed by atoms with Gasteiger partial charge in [-0.1, -0.05) is 6.07 Å². The van der Waals surface area contributed by atoms with Gasteiger partial charge in [-0.25, -0.2) is 0 Å². The van der Waals surface area contributed by atoms with E-state index in [4.69, 9.17) is 14.2 Å². The molecule has 0 aliphatic heterocycles. The summed E-state index contributed by atoms with van der Waals surface area (Å²) in [5.41, 5.74) is 0.914. The topological polar surface area (TPSA) is 68.8 Å². The minimum atomic E-state index is 0. The van der Waals surface area contributed by atoms with Gasteiger partial charge in [0, 0.05) is 19.0 Å². The largest absolute Gasteiger partial charge is 0.493 e. The number of hydrogen-bond donors (Lipinski definition) is 2. The second-order valence-electron chi connectivity index (χ2n) is 4.99. The van der Waals surface area contributed by atoms with E-state index in [-0.39, 0.29) is 24.4 Å². The van der Waals surface area contributed by atoms with Gasteiger partial charge in [0.15, 0.2) is 11.5 Å². The molecule has 6 nitrogen and oxygen atoms in total. The Kier molecular flexibility index (Phi) is 10.2. The monoisotopic (exact) mass is 346 g/mol. The number of benzene rings is 1. The zero-order valence-electron chi connectivity index (χ0n) is 14.4. The highest BCUT2D eigenvalue weighted by molar-refractivity contribution is 5.85. The van der Waals surface area contributed by atoms with Crippen LogP contribution in [0, 0.1) is 0 Å². The molecule has 1 amide bonds. The molecule has 7 heteroatoms. The van der Waals surface area contributed by atoms with Crippen LogP contribution in [-0.4, -0.2) is 46.9 Å². The summed E-state index contributed by atoms with van der Waals surface area (Å²) in [4.78, 5) is 11.9. The Morgan fingerprint density at radius 2 is 1.78 bits per heavy atom. The number of rotatable bonds is 9. The highest BCUT2D eigenvalue weighted by Crippen LogP contribution is 2.40. The summed E-state index contributed by atoms with van der Waals surface area (Å²) in [6, 6.07) is 3.96. The fourth-order valence-electron chi connectivity index (χ4n) is 2.07. The van der Waals surface area contributed by atoms with E-state index in [1.165, 1.54) is 0 Å². The van der Waals surface area contributed by atoms with E-state index >= 15 is 0 Å². The zero-order chi connectivity index (χ0) is 16.5. The summed E-state index contributed by atoms with van der Waals surface area (Å²) in [6.45, 7) is 2.62. The van der Waals surface area contributed by atoms with E-state index in [0.717, 1.165) is 5.56 Å². The van der Waals surface area contributed by atoms with E-state index in [2.05, 4.69) is 10.6 Å². The molecule has 0 saturated carbocycles. The molecule has 0 saturated heterocycles. The van der Waals surface area contributed by atoms with Crippen LogP contribution in [0.2, 0.25) is 0 Å². The number of likely N-dealkylation sites (N-methyl/N-ethyl adjacent to an activating group) is 1. The predicted molar refractivity (Wildman–Crippen MR) is 93.2 cm³/mol. The highest BCUT2D eigenvalue weighted by Gasteiger charge is 2.16. The van der Waals surface area contributed by atoms with Gasteiger partial charge in [-0.3, -0.25) is 4.79 Å². The van der Waals surface area contributed by atoms with Crippen LogP contribution in [0.4, 0.5) is 0 Å². The molecule has 2 N–H and O–H groups in total. The second-order valence-corrected chi connectivity index (χ2v) is 4.99. The Morgan fingerprint density at radius 3 is 2.30 bits per heavy atom. The van der Waals surface area contributed by atoms with Crippen molar-refractivity contribution >= 4 is 18.3 Å². The van der Waals surface area contributed by atoms with Crippen LogP contribution in [-0.2, 0) is 11.2 Å². The fourth-order valence-corrected chi connectivity index (χ4v) is 2.07. The van der Waals surface area contributed by atoms with Gasteiger partial charge in [-0.15, -0.1) is 12.4 Å². The lowest BCUT2D eigenvalue weighted by molar-refractivity contribution is -0.121. The number of amides is 1. The van der Waals surface area contributed by atoms with E-state index in [1.807, 2.05) is 26.1 Å². The molecule has 0 spiro atoms. The Balaban J connectivity index is 0.00000484. The lowest BCUT2D eigenvalue weighted by Gasteiger charge is -2.16. The standard InChI is InChI=1S/C16H26N2O4.ClH/c1-11(17-2)10-18-14(19)9-7-12-6-8-13(20-3)16(22-5)15(12)21-4;/h6,8,11,17H,7,9-10H2,1-5H3,(H,18,19);1H. The first-order valence-electron chi connectivity index (χ1n) is 7.29. The summed E-state index contributed by atoms with van der Waals surface area (Å²) >= 11 is 0. The Labute approximate surface area is 144 Å². The zero-order valence-corrected chi connectivity index (χ0v) is 15.2. The maximum atomic E-state index is 11.9. The Morgan fingerprint density at radius 1 is 1.13 bits per heavy atom. The van der Waals surface area contributed by atoms with Crippen LogP contribution in [0.15, 0.2) is 12.1 Å². The summed E-state index contributed by atoms with van der Waals surface area (Å²) < 4.78 is 16.0. The average molecular weight is 347 g/mol. The van der Waals surface area contributed by atoms with Gasteiger partial charge in [0.2, 0.25) is 11.7 Å². The molecule has 0 fully saturated rings. The molecule has 0 aliphatic carbocycles. The third-order valence-corrected chi connectivity index (χ3v) is 3.51. The van der Waals surface area contributed by atoms with Gasteiger partial charge in [-0.05, 0) is 32.0 Å². The summed E-state index contributed by atoms with van der Waals surface area (Å²) in [5, 5.41) is 5.97. The molecule has 0 aliphatic rings. The molecule has 0 aromatic heterocycles. The van der Waals surface area contributed by atoms with Gasteiger partial charge >= 0.3 is 0 Å². The van der Waals surface area contributed by atoms with Crippen molar-refractivity contribution in [1.82, 2.24) is 10.6 Å². The summed E-state index contributed by atoms with van der Waals surface area (Å²) in [6.07, 6.45) is 0.964. The molecular formula is C16H27ClN2O4. The van der Waals surface area contributed by atoms with Crippen molar-refractivity contribution in [2.75, 3.05) is 34.9 Å². The van der Waals surface area contributed by atoms with Crippen LogP contribution < -0.4 is 24.8 Å². The Bertz CT molecular complexity index is 497. The molecule has 1 atom stereocenters. The van der Waals surface area contributed by atoms with E-state index in [1.54, 1.807) is 21.3 Å². The van der Waals surface area contributed by atoms with Crippen molar-refractivity contribution in [1.29, 1.82) is 0 Å². The minimum Gasteiger partial charge on any atom is -0.493 e. The van der Waals surface area contributed by atoms with Crippen molar-refractivity contribution in [3.05, 3.63) is 17.7 Å². The Hall–Kier alpha value is -1.66. The number of methoxy groups -OCH3 is 3. The van der Waals surface area contributed by atoms with Gasteiger partial charge in [-0.2, -0.15) is 0 Å². The maximum Gasteiger partial charge on any atom is 0.220 e. The maximum absolute atomic E-state index is 11.9. The van der Waals surface area contributed by atoms with E-state index in [0.29, 0.717) is 36.6 Å². The molecule has 23 heavy (non-hydrogen) atoms. The molecule has 132 valence electrons. The van der Waals surface area contributed by atoms with Gasteiger partial charge in [0.05, 0.1) is 21.3 Å². The van der Waals surface area contributed by atoms with Crippen LogP contribution >= 0.6 is 12.4 Å². The number of nitrogens with one attached hydrogen (secondary N) is 2. The molecule has 1 aromatic rings. The second kappa shape index (κ2) is 11.0. The molecule has 1 unspecified atom stereocenters. The fraction of sp³-hybridized carbons (Fsp3) is 0.562. The van der Waals surface area contributed by atoms with Gasteiger partial charge in [0.1, 0.15) is 0 Å².